The van der Waals surface area contributed by atoms with E-state index < -0.39 is 0 Å². The fraction of sp³-hybridized carbons (Fsp3) is 0.625. The van der Waals surface area contributed by atoms with Gasteiger partial charge in [0.1, 0.15) is 0 Å². The molecule has 1 aromatic carbocycles. The molecule has 0 amide bonds. The predicted molar refractivity (Wildman–Crippen MR) is 73.8 cm³/mol. The van der Waals surface area contributed by atoms with Crippen LogP contribution in [-0.2, 0) is 10.2 Å². The quantitative estimate of drug-likeness (QED) is 0.888. The number of nitrogens with two attached hydrogens (primary N) is 1. The van der Waals surface area contributed by atoms with E-state index in [1.807, 2.05) is 0 Å². The van der Waals surface area contributed by atoms with E-state index >= 15 is 0 Å². The van der Waals surface area contributed by atoms with Crippen molar-refractivity contribution in [3.05, 3.63) is 35.4 Å². The predicted octanol–water partition coefficient (Wildman–Crippen LogP) is 2.96. The maximum absolute atomic E-state index is 6.08. The fourth-order valence-corrected chi connectivity index (χ4v) is 3.58. The zero-order valence-electron chi connectivity index (χ0n) is 11.0. The van der Waals surface area contributed by atoms with Gasteiger partial charge in [0.15, 0.2) is 0 Å². The first-order valence-corrected chi connectivity index (χ1v) is 7.22. The lowest BCUT2D eigenvalue weighted by molar-refractivity contribution is 0.194. The summed E-state index contributed by atoms with van der Waals surface area (Å²) in [7, 11) is 0. The van der Waals surface area contributed by atoms with E-state index in [-0.39, 0.29) is 5.41 Å². The van der Waals surface area contributed by atoms with Crippen LogP contribution < -0.4 is 5.73 Å². The van der Waals surface area contributed by atoms with Crippen LogP contribution in [0, 0.1) is 0 Å². The van der Waals surface area contributed by atoms with Crippen molar-refractivity contribution in [3.8, 4) is 0 Å². The molecular formula is C16H23NO. The van der Waals surface area contributed by atoms with Crippen molar-refractivity contribution in [2.75, 3.05) is 19.8 Å². The van der Waals surface area contributed by atoms with Crippen LogP contribution in [0.4, 0.5) is 0 Å². The van der Waals surface area contributed by atoms with Crippen LogP contribution in [0.15, 0.2) is 24.3 Å². The Hall–Kier alpha value is -0.860. The molecule has 1 saturated carbocycles. The van der Waals surface area contributed by atoms with Crippen molar-refractivity contribution in [1.82, 2.24) is 0 Å². The highest BCUT2D eigenvalue weighted by Gasteiger charge is 2.34. The van der Waals surface area contributed by atoms with Crippen molar-refractivity contribution >= 4 is 0 Å². The number of ether oxygens (including phenoxy) is 1. The van der Waals surface area contributed by atoms with Crippen molar-refractivity contribution < 1.29 is 4.74 Å². The molecule has 98 valence electrons. The summed E-state index contributed by atoms with van der Waals surface area (Å²) >= 11 is 0. The van der Waals surface area contributed by atoms with Crippen LogP contribution >= 0.6 is 0 Å². The maximum atomic E-state index is 6.08. The first-order valence-electron chi connectivity index (χ1n) is 7.22. The molecule has 1 aliphatic heterocycles. The van der Waals surface area contributed by atoms with Crippen molar-refractivity contribution in [2.24, 2.45) is 5.73 Å². The summed E-state index contributed by atoms with van der Waals surface area (Å²) in [5.74, 6) is 0.598. The Labute approximate surface area is 110 Å². The van der Waals surface area contributed by atoms with Gasteiger partial charge < -0.3 is 10.5 Å². The molecule has 1 atom stereocenters. The molecule has 0 spiro atoms. The van der Waals surface area contributed by atoms with Crippen LogP contribution in [0.2, 0.25) is 0 Å². The summed E-state index contributed by atoms with van der Waals surface area (Å²) in [5.41, 5.74) is 9.25. The van der Waals surface area contributed by atoms with Crippen LogP contribution in [0.3, 0.4) is 0 Å². The Bertz CT molecular complexity index is 403. The molecule has 2 aliphatic rings. The molecule has 1 heterocycles. The van der Waals surface area contributed by atoms with Crippen LogP contribution in [0.25, 0.3) is 0 Å². The smallest absolute Gasteiger partial charge is 0.0535 e. The molecule has 2 fully saturated rings. The minimum absolute atomic E-state index is 0.259. The average molecular weight is 245 g/mol. The van der Waals surface area contributed by atoms with Gasteiger partial charge in [0, 0.05) is 24.5 Å². The second-order valence-electron chi connectivity index (χ2n) is 5.88. The number of hydrogen-bond acceptors (Lipinski definition) is 2. The van der Waals surface area contributed by atoms with Gasteiger partial charge in [-0.3, -0.25) is 0 Å². The van der Waals surface area contributed by atoms with Gasteiger partial charge in [-0.15, -0.1) is 0 Å². The van der Waals surface area contributed by atoms with Crippen molar-refractivity contribution in [2.45, 2.75) is 43.4 Å². The van der Waals surface area contributed by atoms with E-state index in [1.165, 1.54) is 43.2 Å². The van der Waals surface area contributed by atoms with Crippen LogP contribution in [0.5, 0.6) is 0 Å². The lowest BCUT2D eigenvalue weighted by Crippen LogP contribution is -2.32. The standard InChI is InChI=1S/C16H23NO/c17-12-16(7-1-2-8-16)15-5-3-4-13(10-15)14-6-9-18-11-14/h3-5,10,14H,1-2,6-9,11-12,17H2. The normalized spacial score (nSPS) is 26.6. The van der Waals surface area contributed by atoms with E-state index in [2.05, 4.69) is 24.3 Å². The number of benzene rings is 1. The molecular weight excluding hydrogens is 222 g/mol. The topological polar surface area (TPSA) is 35.2 Å². The molecule has 2 nitrogen and oxygen atoms in total. The molecule has 3 rings (SSSR count). The van der Waals surface area contributed by atoms with Gasteiger partial charge in [0.05, 0.1) is 6.61 Å². The van der Waals surface area contributed by atoms with Gasteiger partial charge in [-0.2, -0.15) is 0 Å². The summed E-state index contributed by atoms with van der Waals surface area (Å²) in [6, 6.07) is 9.13. The van der Waals surface area contributed by atoms with Crippen LogP contribution in [-0.4, -0.2) is 19.8 Å². The van der Waals surface area contributed by atoms with E-state index in [4.69, 9.17) is 10.5 Å². The van der Waals surface area contributed by atoms with Crippen molar-refractivity contribution in [3.63, 3.8) is 0 Å². The highest BCUT2D eigenvalue weighted by molar-refractivity contribution is 5.33. The molecule has 0 radical (unpaired) electrons. The minimum Gasteiger partial charge on any atom is -0.381 e. The van der Waals surface area contributed by atoms with E-state index in [0.29, 0.717) is 5.92 Å². The minimum atomic E-state index is 0.259. The summed E-state index contributed by atoms with van der Waals surface area (Å²) in [6.45, 7) is 2.59. The first kappa shape index (κ1) is 12.2. The Morgan fingerprint density at radius 1 is 1.28 bits per heavy atom. The Morgan fingerprint density at radius 3 is 2.78 bits per heavy atom. The zero-order chi connectivity index (χ0) is 12.4. The second-order valence-corrected chi connectivity index (χ2v) is 5.88. The van der Waals surface area contributed by atoms with E-state index in [1.54, 1.807) is 0 Å². The lowest BCUT2D eigenvalue weighted by Gasteiger charge is -2.28. The highest BCUT2D eigenvalue weighted by Crippen LogP contribution is 2.41. The van der Waals surface area contributed by atoms with Gasteiger partial charge in [-0.25, -0.2) is 0 Å². The van der Waals surface area contributed by atoms with Gasteiger partial charge in [0.2, 0.25) is 0 Å². The Balaban J connectivity index is 1.89. The zero-order valence-corrected chi connectivity index (χ0v) is 11.0. The molecule has 0 aromatic heterocycles. The molecule has 0 bridgehead atoms. The monoisotopic (exact) mass is 245 g/mol. The van der Waals surface area contributed by atoms with Gasteiger partial charge in [-0.05, 0) is 30.4 Å². The highest BCUT2D eigenvalue weighted by atomic mass is 16.5. The molecule has 2 N–H and O–H groups in total. The molecule has 1 aliphatic carbocycles. The lowest BCUT2D eigenvalue weighted by atomic mass is 9.77. The molecule has 1 saturated heterocycles. The fourth-order valence-electron chi connectivity index (χ4n) is 3.58. The average Bonchev–Trinajstić information content (AvgIpc) is 3.11. The summed E-state index contributed by atoms with van der Waals surface area (Å²) < 4.78 is 5.50. The molecule has 2 heteroatoms. The number of hydrogen-bond donors (Lipinski definition) is 1. The second kappa shape index (κ2) is 5.02. The molecule has 1 aromatic rings. The van der Waals surface area contributed by atoms with Crippen LogP contribution in [0.1, 0.15) is 49.1 Å². The van der Waals surface area contributed by atoms with Gasteiger partial charge >= 0.3 is 0 Å². The molecule has 1 unspecified atom stereocenters. The SMILES string of the molecule is NCC1(c2cccc(C3CCOC3)c2)CCCC1. The van der Waals surface area contributed by atoms with Gasteiger partial charge in [-0.1, -0.05) is 37.1 Å². The number of rotatable bonds is 3. The maximum Gasteiger partial charge on any atom is 0.0535 e. The Kier molecular flexibility index (Phi) is 3.40. The van der Waals surface area contributed by atoms with E-state index in [9.17, 15) is 0 Å². The summed E-state index contributed by atoms with van der Waals surface area (Å²) in [6.07, 6.45) is 6.34. The van der Waals surface area contributed by atoms with E-state index in [0.717, 1.165) is 19.8 Å². The molecule has 18 heavy (non-hydrogen) atoms. The van der Waals surface area contributed by atoms with Crippen molar-refractivity contribution in [1.29, 1.82) is 0 Å². The third-order valence-corrected chi connectivity index (χ3v) is 4.85. The third-order valence-electron chi connectivity index (χ3n) is 4.85. The summed E-state index contributed by atoms with van der Waals surface area (Å²) in [5, 5.41) is 0. The first-order chi connectivity index (χ1) is 8.84. The third kappa shape index (κ3) is 2.08. The Morgan fingerprint density at radius 2 is 2.11 bits per heavy atom. The summed E-state index contributed by atoms with van der Waals surface area (Å²) in [4.78, 5) is 0. The largest absolute Gasteiger partial charge is 0.381 e. The van der Waals surface area contributed by atoms with Gasteiger partial charge in [0.25, 0.3) is 0 Å².